The zero-order chi connectivity index (χ0) is 15.5. The van der Waals surface area contributed by atoms with Crippen LogP contribution in [0.4, 0.5) is 0 Å². The molecule has 0 atom stereocenters. The number of guanidine groups is 1. The Hall–Kier alpha value is -0.570. The summed E-state index contributed by atoms with van der Waals surface area (Å²) < 4.78 is 5.53. The maximum Gasteiger partial charge on any atom is 0.219 e. The minimum Gasteiger partial charge on any atom is -0.380 e. The Morgan fingerprint density at radius 1 is 1.14 bits per heavy atom. The molecule has 0 spiro atoms. The Balaban J connectivity index is 0.00000441. The van der Waals surface area contributed by atoms with Crippen LogP contribution in [0, 0.1) is 0 Å². The number of carbonyl (C=O) groups excluding carboxylic acids is 1. The molecule has 0 unspecified atom stereocenters. The number of hydrogen-bond donors (Lipinski definition) is 1. The molecule has 1 amide bonds. The molecule has 22 heavy (non-hydrogen) atoms. The van der Waals surface area contributed by atoms with Crippen molar-refractivity contribution in [2.24, 2.45) is 4.99 Å². The third-order valence-electron chi connectivity index (χ3n) is 3.50. The molecule has 1 N–H and O–H groups in total. The van der Waals surface area contributed by atoms with Gasteiger partial charge in [0, 0.05) is 46.3 Å². The smallest absolute Gasteiger partial charge is 0.219 e. The fourth-order valence-electron chi connectivity index (χ4n) is 2.22. The topological polar surface area (TPSA) is 57.2 Å². The lowest BCUT2D eigenvalue weighted by Gasteiger charge is -2.36. The summed E-state index contributed by atoms with van der Waals surface area (Å²) in [6, 6.07) is 0. The van der Waals surface area contributed by atoms with Gasteiger partial charge in [-0.05, 0) is 13.3 Å². The van der Waals surface area contributed by atoms with Crippen LogP contribution in [0.25, 0.3) is 0 Å². The van der Waals surface area contributed by atoms with Gasteiger partial charge in [-0.15, -0.1) is 24.0 Å². The minimum absolute atomic E-state index is 0. The number of rotatable bonds is 7. The van der Waals surface area contributed by atoms with Crippen molar-refractivity contribution in [1.82, 2.24) is 15.1 Å². The summed E-state index contributed by atoms with van der Waals surface area (Å²) >= 11 is 0. The lowest BCUT2D eigenvalue weighted by atomic mass is 10.3. The van der Waals surface area contributed by atoms with Gasteiger partial charge in [0.15, 0.2) is 5.96 Å². The van der Waals surface area contributed by atoms with Crippen LogP contribution in [-0.4, -0.2) is 74.1 Å². The Morgan fingerprint density at radius 3 is 2.32 bits per heavy atom. The number of nitrogens with zero attached hydrogens (tertiary/aromatic N) is 3. The molecule has 0 aromatic rings. The lowest BCUT2D eigenvalue weighted by molar-refractivity contribution is -0.130. The fraction of sp³-hybridized carbons (Fsp3) is 0.867. The van der Waals surface area contributed by atoms with Crippen molar-refractivity contribution in [2.75, 3.05) is 52.5 Å². The molecular weight excluding hydrogens is 395 g/mol. The molecule has 7 heteroatoms. The van der Waals surface area contributed by atoms with Crippen LogP contribution in [0.3, 0.4) is 0 Å². The summed E-state index contributed by atoms with van der Waals surface area (Å²) in [5.41, 5.74) is 0. The van der Waals surface area contributed by atoms with E-state index in [1.54, 1.807) is 6.92 Å². The van der Waals surface area contributed by atoms with Gasteiger partial charge in [0.05, 0.1) is 13.2 Å². The summed E-state index contributed by atoms with van der Waals surface area (Å²) in [6.07, 6.45) is 2.27. The first-order valence-electron chi connectivity index (χ1n) is 8.05. The first-order valence-corrected chi connectivity index (χ1v) is 8.05. The molecule has 0 saturated carbocycles. The highest BCUT2D eigenvalue weighted by atomic mass is 127. The molecule has 0 bridgehead atoms. The molecule has 0 aromatic heterocycles. The van der Waals surface area contributed by atoms with Crippen LogP contribution in [0.2, 0.25) is 0 Å². The molecule has 1 rings (SSSR count). The standard InChI is InChI=1S/C15H30N4O2.HI/c1-4-6-12-21-13-7-17-15(16-5-2)19-10-8-18(9-11-19)14(3)20;/h4-13H2,1-3H3,(H,16,17);1H. The Bertz CT molecular complexity index is 332. The van der Waals surface area contributed by atoms with Gasteiger partial charge in [0.2, 0.25) is 5.91 Å². The summed E-state index contributed by atoms with van der Waals surface area (Å²) in [5.74, 6) is 1.08. The molecule has 130 valence electrons. The highest BCUT2D eigenvalue weighted by molar-refractivity contribution is 14.0. The van der Waals surface area contributed by atoms with Crippen molar-refractivity contribution in [3.05, 3.63) is 0 Å². The van der Waals surface area contributed by atoms with E-state index in [-0.39, 0.29) is 29.9 Å². The van der Waals surface area contributed by atoms with Crippen LogP contribution >= 0.6 is 24.0 Å². The van der Waals surface area contributed by atoms with Gasteiger partial charge in [0.25, 0.3) is 0 Å². The first-order chi connectivity index (χ1) is 10.2. The monoisotopic (exact) mass is 426 g/mol. The van der Waals surface area contributed by atoms with E-state index in [1.807, 2.05) is 4.90 Å². The van der Waals surface area contributed by atoms with Crippen molar-refractivity contribution in [3.8, 4) is 0 Å². The second kappa shape index (κ2) is 12.9. The Kier molecular flexibility index (Phi) is 12.6. The van der Waals surface area contributed by atoms with Crippen molar-refractivity contribution in [3.63, 3.8) is 0 Å². The number of ether oxygens (including phenoxy) is 1. The van der Waals surface area contributed by atoms with Gasteiger partial charge in [-0.25, -0.2) is 0 Å². The van der Waals surface area contributed by atoms with E-state index in [9.17, 15) is 4.79 Å². The first kappa shape index (κ1) is 21.4. The molecular formula is C15H31IN4O2. The van der Waals surface area contributed by atoms with E-state index < -0.39 is 0 Å². The van der Waals surface area contributed by atoms with Gasteiger partial charge in [-0.2, -0.15) is 0 Å². The molecule has 1 saturated heterocycles. The third-order valence-corrected chi connectivity index (χ3v) is 3.50. The number of nitrogens with one attached hydrogen (secondary N) is 1. The average Bonchev–Trinajstić information content (AvgIpc) is 2.49. The van der Waals surface area contributed by atoms with Crippen LogP contribution < -0.4 is 5.32 Å². The predicted molar refractivity (Wildman–Crippen MR) is 101 cm³/mol. The number of halogens is 1. The highest BCUT2D eigenvalue weighted by Crippen LogP contribution is 2.02. The number of piperazine rings is 1. The van der Waals surface area contributed by atoms with Crippen LogP contribution in [-0.2, 0) is 9.53 Å². The SMILES string of the molecule is CCCCOCCN=C(NCC)N1CCN(C(C)=O)CC1.I. The molecule has 0 aromatic carbocycles. The van der Waals surface area contributed by atoms with Crippen LogP contribution in [0.15, 0.2) is 4.99 Å². The Morgan fingerprint density at radius 2 is 1.77 bits per heavy atom. The summed E-state index contributed by atoms with van der Waals surface area (Å²) in [5, 5.41) is 3.32. The molecule has 0 radical (unpaired) electrons. The van der Waals surface area contributed by atoms with E-state index in [0.29, 0.717) is 13.2 Å². The average molecular weight is 426 g/mol. The highest BCUT2D eigenvalue weighted by Gasteiger charge is 2.20. The zero-order valence-electron chi connectivity index (χ0n) is 14.1. The van der Waals surface area contributed by atoms with Crippen LogP contribution in [0.1, 0.15) is 33.6 Å². The van der Waals surface area contributed by atoms with Gasteiger partial charge < -0.3 is 19.9 Å². The molecule has 1 aliphatic heterocycles. The molecule has 1 aliphatic rings. The number of hydrogen-bond acceptors (Lipinski definition) is 3. The van der Waals surface area contributed by atoms with Crippen molar-refractivity contribution >= 4 is 35.8 Å². The summed E-state index contributed by atoms with van der Waals surface area (Å²) in [7, 11) is 0. The summed E-state index contributed by atoms with van der Waals surface area (Å²) in [4.78, 5) is 20.1. The lowest BCUT2D eigenvalue weighted by Crippen LogP contribution is -2.53. The van der Waals surface area contributed by atoms with Crippen molar-refractivity contribution < 1.29 is 9.53 Å². The normalized spacial score (nSPS) is 15.5. The van der Waals surface area contributed by atoms with Gasteiger partial charge >= 0.3 is 0 Å². The van der Waals surface area contributed by atoms with Gasteiger partial charge in [-0.3, -0.25) is 9.79 Å². The predicted octanol–water partition coefficient (Wildman–Crippen LogP) is 1.55. The van der Waals surface area contributed by atoms with Crippen molar-refractivity contribution in [2.45, 2.75) is 33.6 Å². The van der Waals surface area contributed by atoms with E-state index in [1.165, 1.54) is 0 Å². The number of amides is 1. The van der Waals surface area contributed by atoms with E-state index in [4.69, 9.17) is 4.74 Å². The molecule has 6 nitrogen and oxygen atoms in total. The third kappa shape index (κ3) is 8.17. The number of carbonyl (C=O) groups is 1. The van der Waals surface area contributed by atoms with Gasteiger partial charge in [-0.1, -0.05) is 13.3 Å². The van der Waals surface area contributed by atoms with E-state index in [0.717, 1.165) is 58.1 Å². The van der Waals surface area contributed by atoms with Crippen molar-refractivity contribution in [1.29, 1.82) is 0 Å². The van der Waals surface area contributed by atoms with E-state index >= 15 is 0 Å². The maximum atomic E-state index is 11.3. The van der Waals surface area contributed by atoms with E-state index in [2.05, 4.69) is 29.1 Å². The zero-order valence-corrected chi connectivity index (χ0v) is 16.5. The molecule has 1 heterocycles. The number of aliphatic imine (C=N–C) groups is 1. The van der Waals surface area contributed by atoms with Gasteiger partial charge in [0.1, 0.15) is 0 Å². The Labute approximate surface area is 151 Å². The second-order valence-corrected chi connectivity index (χ2v) is 5.19. The molecule has 0 aliphatic carbocycles. The number of unbranched alkanes of at least 4 members (excludes halogenated alkanes) is 1. The molecule has 1 fully saturated rings. The fourth-order valence-corrected chi connectivity index (χ4v) is 2.22. The minimum atomic E-state index is 0. The second-order valence-electron chi connectivity index (χ2n) is 5.19. The maximum absolute atomic E-state index is 11.3. The van der Waals surface area contributed by atoms with Crippen LogP contribution in [0.5, 0.6) is 0 Å². The summed E-state index contributed by atoms with van der Waals surface area (Å²) in [6.45, 7) is 12.1. The largest absolute Gasteiger partial charge is 0.380 e. The quantitative estimate of drug-likeness (QED) is 0.291.